The summed E-state index contributed by atoms with van der Waals surface area (Å²) in [5.74, 6) is -0.695. The van der Waals surface area contributed by atoms with Gasteiger partial charge in [-0.1, -0.05) is 5.73 Å². The Morgan fingerprint density at radius 1 is 1.80 bits per heavy atom. The zero-order chi connectivity index (χ0) is 7.56. The summed E-state index contributed by atoms with van der Waals surface area (Å²) in [6.07, 6.45) is 0.765. The second-order valence-corrected chi connectivity index (χ2v) is 1.76. The van der Waals surface area contributed by atoms with Gasteiger partial charge in [0.15, 0.2) is 5.83 Å². The monoisotopic (exact) mass is 141 g/mol. The minimum atomic E-state index is -1.11. The Morgan fingerprint density at radius 3 is 3.00 bits per heavy atom. The maximum Gasteiger partial charge on any atom is 0.167 e. The average molecular weight is 141 g/mol. The molecule has 0 saturated heterocycles. The molecule has 4 heteroatoms. The molecule has 3 nitrogen and oxygen atoms in total. The summed E-state index contributed by atoms with van der Waals surface area (Å²) in [6.45, 7) is 0. The minimum absolute atomic E-state index is 0.226. The zero-order valence-corrected chi connectivity index (χ0v) is 4.91. The molecule has 1 rings (SSSR count). The predicted octanol–water partition coefficient (Wildman–Crippen LogP) is 1.02. The van der Waals surface area contributed by atoms with Crippen molar-refractivity contribution in [3.8, 4) is 0 Å². The van der Waals surface area contributed by atoms with Gasteiger partial charge in [0.2, 0.25) is 0 Å². The summed E-state index contributed by atoms with van der Waals surface area (Å²) in [5.41, 5.74) is 1.87. The number of aliphatic hydroxyl groups excluding tert-OH is 1. The van der Waals surface area contributed by atoms with Crippen molar-refractivity contribution >= 4 is 0 Å². The molecule has 0 aromatic carbocycles. The van der Waals surface area contributed by atoms with Crippen molar-refractivity contribution in [1.82, 2.24) is 0 Å². The van der Waals surface area contributed by atoms with Crippen LogP contribution in [0, 0.1) is 4.91 Å². The summed E-state index contributed by atoms with van der Waals surface area (Å²) < 4.78 is 12.2. The fraction of sp³-hybridized carbons (Fsp3) is 0.167. The van der Waals surface area contributed by atoms with Crippen molar-refractivity contribution in [3.05, 3.63) is 34.3 Å². The van der Waals surface area contributed by atoms with Crippen LogP contribution in [-0.2, 0) is 0 Å². The maximum atomic E-state index is 12.2. The summed E-state index contributed by atoms with van der Waals surface area (Å²) in [4.78, 5) is 9.81. The largest absolute Gasteiger partial charge is 0.382 e. The molecule has 0 aromatic heterocycles. The van der Waals surface area contributed by atoms with E-state index in [4.69, 9.17) is 5.11 Å². The van der Waals surface area contributed by atoms with Gasteiger partial charge in [-0.2, -0.15) is 4.39 Å². The van der Waals surface area contributed by atoms with Crippen LogP contribution in [0.3, 0.4) is 0 Å². The molecule has 1 aliphatic carbocycles. The second kappa shape index (κ2) is 2.56. The van der Waals surface area contributed by atoms with Gasteiger partial charge in [-0.05, 0) is 11.3 Å². The third kappa shape index (κ3) is 1.18. The van der Waals surface area contributed by atoms with E-state index in [1.807, 2.05) is 0 Å². The number of allylic oxidation sites excluding steroid dienone is 1. The van der Waals surface area contributed by atoms with E-state index in [2.05, 4.69) is 10.9 Å². The Morgan fingerprint density at radius 2 is 2.50 bits per heavy atom. The third-order valence-electron chi connectivity index (χ3n) is 1.06. The van der Waals surface area contributed by atoms with Crippen molar-refractivity contribution < 1.29 is 9.50 Å². The molecule has 52 valence electrons. The maximum absolute atomic E-state index is 12.2. The summed E-state index contributed by atoms with van der Waals surface area (Å²) in [7, 11) is 0. The van der Waals surface area contributed by atoms with Gasteiger partial charge >= 0.3 is 0 Å². The molecule has 10 heavy (non-hydrogen) atoms. The molecule has 1 atom stereocenters. The first-order valence-electron chi connectivity index (χ1n) is 2.59. The number of halogens is 1. The lowest BCUT2D eigenvalue weighted by molar-refractivity contribution is 0.256. The molecule has 0 amide bonds. The highest BCUT2D eigenvalue weighted by atomic mass is 19.1. The van der Waals surface area contributed by atoms with Gasteiger partial charge in [0.1, 0.15) is 11.8 Å². The highest BCUT2D eigenvalue weighted by Gasteiger charge is 2.11. The number of nitrogens with zero attached hydrogens (tertiary/aromatic N) is 1. The quantitative estimate of drug-likeness (QED) is 0.437. The first kappa shape index (κ1) is 6.86. The zero-order valence-electron chi connectivity index (χ0n) is 4.91. The van der Waals surface area contributed by atoms with Crippen LogP contribution in [-0.4, -0.2) is 11.2 Å². The lowest BCUT2D eigenvalue weighted by Crippen LogP contribution is -2.05. The van der Waals surface area contributed by atoms with Gasteiger partial charge in [0, 0.05) is 6.08 Å². The lowest BCUT2D eigenvalue weighted by Gasteiger charge is -2.02. The fourth-order valence-corrected chi connectivity index (χ4v) is 0.581. The van der Waals surface area contributed by atoms with Gasteiger partial charge in [0.25, 0.3) is 0 Å². The molecule has 0 aromatic rings. The molecule has 0 aliphatic heterocycles. The minimum Gasteiger partial charge on any atom is -0.382 e. The Bertz CT molecular complexity index is 250. The Labute approximate surface area is 56.1 Å². The molecule has 1 N–H and O–H groups in total. The Balaban J connectivity index is 2.99. The number of rotatable bonds is 1. The molecule has 0 bridgehead atoms. The van der Waals surface area contributed by atoms with E-state index in [1.54, 1.807) is 0 Å². The normalized spacial score (nSPS) is 23.6. The van der Waals surface area contributed by atoms with Crippen LogP contribution in [0.2, 0.25) is 0 Å². The number of aliphatic hydroxyl groups is 1. The first-order valence-corrected chi connectivity index (χ1v) is 2.59. The topological polar surface area (TPSA) is 49.7 Å². The number of nitroso groups, excluding NO2 is 1. The van der Waals surface area contributed by atoms with Crippen molar-refractivity contribution in [2.24, 2.45) is 5.18 Å². The van der Waals surface area contributed by atoms with Crippen LogP contribution in [0.25, 0.3) is 0 Å². The van der Waals surface area contributed by atoms with Gasteiger partial charge < -0.3 is 5.11 Å². The molecular formula is C6H4FNO2. The highest BCUT2D eigenvalue weighted by molar-refractivity contribution is 5.27. The van der Waals surface area contributed by atoms with Crippen LogP contribution < -0.4 is 0 Å². The van der Waals surface area contributed by atoms with E-state index in [1.165, 1.54) is 0 Å². The molecule has 0 heterocycles. The van der Waals surface area contributed by atoms with E-state index >= 15 is 0 Å². The number of hydrogen-bond donors (Lipinski definition) is 1. The molecule has 0 saturated carbocycles. The standard InChI is InChI=1S/C6H4FNO2/c7-4-1-2-6(9)5(3-4)8-10/h2-3,6,9H. The lowest BCUT2D eigenvalue weighted by atomic mass is 10.2. The van der Waals surface area contributed by atoms with Crippen LogP contribution in [0.5, 0.6) is 0 Å². The molecule has 0 spiro atoms. The number of hydrogen-bond acceptors (Lipinski definition) is 3. The summed E-state index contributed by atoms with van der Waals surface area (Å²) >= 11 is 0. The van der Waals surface area contributed by atoms with Crippen molar-refractivity contribution in [2.75, 3.05) is 0 Å². The van der Waals surface area contributed by atoms with E-state index in [-0.39, 0.29) is 5.70 Å². The van der Waals surface area contributed by atoms with Gasteiger partial charge in [0.05, 0.1) is 0 Å². The van der Waals surface area contributed by atoms with Gasteiger partial charge in [-0.15, -0.1) is 4.91 Å². The predicted molar refractivity (Wildman–Crippen MR) is 32.6 cm³/mol. The van der Waals surface area contributed by atoms with Crippen LogP contribution in [0.1, 0.15) is 0 Å². The van der Waals surface area contributed by atoms with E-state index in [0.29, 0.717) is 0 Å². The van der Waals surface area contributed by atoms with Gasteiger partial charge in [-0.3, -0.25) is 0 Å². The van der Waals surface area contributed by atoms with E-state index in [0.717, 1.165) is 12.2 Å². The van der Waals surface area contributed by atoms with E-state index < -0.39 is 11.9 Å². The second-order valence-electron chi connectivity index (χ2n) is 1.76. The van der Waals surface area contributed by atoms with Crippen molar-refractivity contribution in [1.29, 1.82) is 0 Å². The van der Waals surface area contributed by atoms with Crippen molar-refractivity contribution in [2.45, 2.75) is 6.10 Å². The molecule has 0 radical (unpaired) electrons. The third-order valence-corrected chi connectivity index (χ3v) is 1.06. The van der Waals surface area contributed by atoms with Crippen molar-refractivity contribution in [3.63, 3.8) is 0 Å². The molecule has 0 fully saturated rings. The smallest absolute Gasteiger partial charge is 0.167 e. The van der Waals surface area contributed by atoms with Crippen LogP contribution >= 0.6 is 0 Å². The van der Waals surface area contributed by atoms with E-state index in [9.17, 15) is 9.30 Å². The fourth-order valence-electron chi connectivity index (χ4n) is 0.581. The Kier molecular flexibility index (Phi) is 1.76. The summed E-state index contributed by atoms with van der Waals surface area (Å²) in [6, 6.07) is 0. The first-order chi connectivity index (χ1) is 4.74. The Hall–Kier alpha value is -1.25. The highest BCUT2D eigenvalue weighted by Crippen LogP contribution is 2.13. The molecule has 1 aliphatic rings. The summed E-state index contributed by atoms with van der Waals surface area (Å²) in [5, 5.41) is 11.2. The molecular weight excluding hydrogens is 137 g/mol. The van der Waals surface area contributed by atoms with Gasteiger partial charge in [-0.25, -0.2) is 0 Å². The molecule has 1 unspecified atom stereocenters. The average Bonchev–Trinajstić information content (AvgIpc) is 1.94. The van der Waals surface area contributed by atoms with Crippen LogP contribution in [0.4, 0.5) is 4.39 Å². The SMILES string of the molecule is O=NC1=CC(F)=C=CC1O. The van der Waals surface area contributed by atoms with Crippen LogP contribution in [0.15, 0.2) is 34.6 Å².